The minimum absolute atomic E-state index is 0.0546. The second-order valence-electron chi connectivity index (χ2n) is 15.1. The van der Waals surface area contributed by atoms with E-state index in [0.717, 1.165) is 16.3 Å². The van der Waals surface area contributed by atoms with E-state index in [2.05, 4.69) is 5.32 Å². The number of unbranched alkanes of at least 4 members (excludes halogenated alkanes) is 2. The highest BCUT2D eigenvalue weighted by atomic mass is 32.2. The van der Waals surface area contributed by atoms with Crippen LogP contribution in [-0.4, -0.2) is 104 Å². The van der Waals surface area contributed by atoms with Gasteiger partial charge in [0, 0.05) is 79.1 Å². The first-order valence-electron chi connectivity index (χ1n) is 18.2. The maximum absolute atomic E-state index is 12.5. The molecule has 5 rings (SSSR count). The van der Waals surface area contributed by atoms with E-state index in [4.69, 9.17) is 0 Å². The summed E-state index contributed by atoms with van der Waals surface area (Å²) in [4.78, 5) is 38.4. The largest absolute Gasteiger partial charge is 0.354 e. The predicted molar refractivity (Wildman–Crippen MR) is 211 cm³/mol. The van der Waals surface area contributed by atoms with Crippen LogP contribution in [0.5, 0.6) is 0 Å². The minimum atomic E-state index is -4.53. The number of anilines is 1. The quantitative estimate of drug-likeness (QED) is 0.0771. The Morgan fingerprint density at radius 1 is 0.772 bits per heavy atom. The number of hydrogen-bond acceptors (Lipinski definition) is 10. The number of nitrogens with one attached hydrogen (secondary N) is 1. The zero-order valence-corrected chi connectivity index (χ0v) is 34.5. The zero-order valence-electron chi connectivity index (χ0n) is 32.0. The maximum Gasteiger partial charge on any atom is 0.294 e. The summed E-state index contributed by atoms with van der Waals surface area (Å²) < 4.78 is 102. The molecule has 2 aromatic rings. The van der Waals surface area contributed by atoms with E-state index in [1.165, 1.54) is 36.4 Å². The molecule has 0 atom stereocenters. The van der Waals surface area contributed by atoms with Crippen molar-refractivity contribution in [2.75, 3.05) is 36.8 Å². The van der Waals surface area contributed by atoms with E-state index in [1.807, 2.05) is 49.3 Å². The number of amides is 3. The molecule has 308 valence electrons. The van der Waals surface area contributed by atoms with Crippen molar-refractivity contribution in [3.63, 3.8) is 0 Å². The van der Waals surface area contributed by atoms with E-state index in [9.17, 15) is 53.3 Å². The Bertz CT molecular complexity index is 2430. The summed E-state index contributed by atoms with van der Waals surface area (Å²) in [6.07, 6.45) is 10.00. The van der Waals surface area contributed by atoms with Crippen molar-refractivity contribution in [3.05, 3.63) is 83.6 Å². The molecule has 0 unspecified atom stereocenters. The standard InChI is InChI=1S/C38H46N4O12S3/c1-37(2)28-24-26(56(49,50)51)13-15-30(28)40(20-7-5-6-12-34(43)39-19-22-42-35(44)17-18-36(42)45)32(37)10-8-11-33-38(3,4)29-25-27(57(52,53)54)14-16-31(29)41(33)21-9-23-55(46,47)48/h8,10-11,13-18,24-25H,5-7,9,12,19-23H2,1-4H3,(H3-,39,43,46,47,48,49,50,51,52,53,54)/p+1. The number of rotatable bonds is 17. The van der Waals surface area contributed by atoms with Crippen LogP contribution in [0.25, 0.3) is 0 Å². The van der Waals surface area contributed by atoms with Crippen LogP contribution in [0.3, 0.4) is 0 Å². The van der Waals surface area contributed by atoms with Gasteiger partial charge in [-0.15, -0.1) is 0 Å². The van der Waals surface area contributed by atoms with Gasteiger partial charge >= 0.3 is 0 Å². The lowest BCUT2D eigenvalue weighted by atomic mass is 9.81. The Balaban J connectivity index is 1.38. The van der Waals surface area contributed by atoms with Crippen molar-refractivity contribution in [2.45, 2.75) is 80.4 Å². The first kappa shape index (κ1) is 43.6. The lowest BCUT2D eigenvalue weighted by Crippen LogP contribution is -2.38. The van der Waals surface area contributed by atoms with E-state index in [0.29, 0.717) is 48.3 Å². The van der Waals surface area contributed by atoms with Crippen LogP contribution in [0.15, 0.2) is 82.3 Å². The fourth-order valence-corrected chi connectivity index (χ4v) is 9.03. The Kier molecular flexibility index (Phi) is 12.5. The van der Waals surface area contributed by atoms with Crippen molar-refractivity contribution >= 4 is 65.2 Å². The Morgan fingerprint density at radius 2 is 1.39 bits per heavy atom. The van der Waals surface area contributed by atoms with E-state index in [1.54, 1.807) is 18.2 Å². The molecule has 3 heterocycles. The molecule has 0 aliphatic carbocycles. The van der Waals surface area contributed by atoms with Gasteiger partial charge in [-0.2, -0.15) is 29.8 Å². The van der Waals surface area contributed by atoms with E-state index >= 15 is 0 Å². The summed E-state index contributed by atoms with van der Waals surface area (Å²) in [6.45, 7) is 8.43. The fourth-order valence-electron chi connectivity index (χ4n) is 7.53. The zero-order chi connectivity index (χ0) is 42.1. The highest BCUT2D eigenvalue weighted by Gasteiger charge is 2.45. The molecule has 0 spiro atoms. The molecule has 57 heavy (non-hydrogen) atoms. The van der Waals surface area contributed by atoms with Crippen molar-refractivity contribution < 1.29 is 57.9 Å². The van der Waals surface area contributed by atoms with Gasteiger partial charge in [-0.1, -0.05) is 26.3 Å². The Morgan fingerprint density at radius 3 is 2.00 bits per heavy atom. The normalized spacial score (nSPS) is 18.3. The average Bonchev–Trinajstić information content (AvgIpc) is 3.62. The summed E-state index contributed by atoms with van der Waals surface area (Å²) >= 11 is 0. The van der Waals surface area contributed by atoms with E-state index < -0.39 is 58.8 Å². The monoisotopic (exact) mass is 847 g/mol. The predicted octanol–water partition coefficient (Wildman–Crippen LogP) is 3.67. The SMILES string of the molecule is CC1(C)C(/C=C/C=C2/N(CCCCCC(=O)NCCN3C(=O)C=CC3=O)c3ccc(S(=O)(=O)O)cc3C2(C)C)=[N+](CCCS(=O)(=O)O)c2ccc(S(=O)(=O)O)cc21. The first-order chi connectivity index (χ1) is 26.4. The van der Waals surface area contributed by atoms with Gasteiger partial charge in [-0.05, 0) is 68.7 Å². The summed E-state index contributed by atoms with van der Waals surface area (Å²) in [6, 6.07) is 8.60. The smallest absolute Gasteiger partial charge is 0.294 e. The number of carbonyl (C=O) groups excluding carboxylic acids is 3. The molecule has 3 amide bonds. The van der Waals surface area contributed by atoms with Crippen LogP contribution >= 0.6 is 0 Å². The minimum Gasteiger partial charge on any atom is -0.354 e. The van der Waals surface area contributed by atoms with Gasteiger partial charge in [0.05, 0.1) is 21.0 Å². The number of nitrogens with zero attached hydrogens (tertiary/aromatic N) is 3. The third-order valence-electron chi connectivity index (χ3n) is 10.5. The van der Waals surface area contributed by atoms with Crippen LogP contribution in [-0.2, 0) is 55.6 Å². The molecule has 4 N–H and O–H groups in total. The number of hydrogen-bond donors (Lipinski definition) is 4. The fraction of sp³-hybridized carbons (Fsp3) is 0.421. The molecule has 19 heteroatoms. The molecule has 3 aliphatic rings. The highest BCUT2D eigenvalue weighted by Crippen LogP contribution is 2.49. The summed E-state index contributed by atoms with van der Waals surface area (Å²) in [5, 5.41) is 2.73. The number of benzene rings is 2. The maximum atomic E-state index is 12.5. The molecule has 0 bridgehead atoms. The van der Waals surface area contributed by atoms with Crippen LogP contribution in [0, 0.1) is 0 Å². The van der Waals surface area contributed by atoms with Crippen LogP contribution in [0.4, 0.5) is 11.4 Å². The Hall–Kier alpha value is -4.53. The molecule has 0 radical (unpaired) electrons. The van der Waals surface area contributed by atoms with Crippen LogP contribution in [0.2, 0.25) is 0 Å². The molecule has 3 aliphatic heterocycles. The molecule has 0 aromatic heterocycles. The van der Waals surface area contributed by atoms with Crippen LogP contribution < -0.4 is 10.2 Å². The van der Waals surface area contributed by atoms with Gasteiger partial charge in [0.2, 0.25) is 11.6 Å². The average molecular weight is 848 g/mol. The third kappa shape index (κ3) is 9.78. The number of carbonyl (C=O) groups is 3. The molecule has 2 aromatic carbocycles. The van der Waals surface area contributed by atoms with Crippen molar-refractivity contribution in [2.24, 2.45) is 0 Å². The van der Waals surface area contributed by atoms with Gasteiger partial charge in [0.25, 0.3) is 42.2 Å². The second kappa shape index (κ2) is 16.4. The van der Waals surface area contributed by atoms with Gasteiger partial charge in [-0.25, -0.2) is 0 Å². The Labute approximate surface area is 332 Å². The van der Waals surface area contributed by atoms with Crippen LogP contribution in [0.1, 0.15) is 70.9 Å². The lowest BCUT2D eigenvalue weighted by molar-refractivity contribution is -0.437. The van der Waals surface area contributed by atoms with E-state index in [-0.39, 0.29) is 48.2 Å². The molecule has 0 fully saturated rings. The van der Waals surface area contributed by atoms with Gasteiger partial charge < -0.3 is 10.2 Å². The number of fused-ring (bicyclic) bond motifs is 2. The summed E-state index contributed by atoms with van der Waals surface area (Å²) in [5.74, 6) is -1.55. The van der Waals surface area contributed by atoms with Gasteiger partial charge in [0.15, 0.2) is 5.71 Å². The molecule has 16 nitrogen and oxygen atoms in total. The molecule has 0 saturated carbocycles. The first-order valence-corrected chi connectivity index (χ1v) is 22.7. The molecular formula is C38H47N4O12S3+. The molecular weight excluding hydrogens is 801 g/mol. The topological polar surface area (TPSA) is 236 Å². The third-order valence-corrected chi connectivity index (χ3v) is 13.0. The lowest BCUT2D eigenvalue weighted by Gasteiger charge is -2.27. The number of allylic oxidation sites excluding steroid dienone is 4. The second-order valence-corrected chi connectivity index (χ2v) is 19.5. The van der Waals surface area contributed by atoms with Crippen molar-refractivity contribution in [1.29, 1.82) is 0 Å². The summed E-state index contributed by atoms with van der Waals surface area (Å²) in [7, 11) is -13.3. The van der Waals surface area contributed by atoms with Crippen molar-refractivity contribution in [1.82, 2.24) is 10.2 Å². The van der Waals surface area contributed by atoms with Gasteiger partial charge in [-0.3, -0.25) is 32.9 Å². The van der Waals surface area contributed by atoms with Gasteiger partial charge in [0.1, 0.15) is 6.54 Å². The number of imide groups is 1. The highest BCUT2D eigenvalue weighted by molar-refractivity contribution is 7.86. The van der Waals surface area contributed by atoms with Crippen molar-refractivity contribution in [3.8, 4) is 0 Å². The molecule has 0 saturated heterocycles. The summed E-state index contributed by atoms with van der Waals surface area (Å²) in [5.41, 5.74) is 2.46.